The molecule has 0 radical (unpaired) electrons. The molecule has 2 aromatic rings. The lowest BCUT2D eigenvalue weighted by atomic mass is 10.2. The molecule has 108 valence electrons. The summed E-state index contributed by atoms with van der Waals surface area (Å²) in [4.78, 5) is 11.0. The van der Waals surface area contributed by atoms with E-state index in [4.69, 9.17) is 9.47 Å². The molecule has 0 aliphatic carbocycles. The molecule has 21 heavy (non-hydrogen) atoms. The molecule has 0 bridgehead atoms. The van der Waals surface area contributed by atoms with Crippen molar-refractivity contribution < 1.29 is 14.6 Å². The number of benzene rings is 1. The van der Waals surface area contributed by atoms with E-state index in [0.29, 0.717) is 12.4 Å². The van der Waals surface area contributed by atoms with Crippen LogP contribution in [-0.4, -0.2) is 41.1 Å². The highest BCUT2D eigenvalue weighted by molar-refractivity contribution is 5.63. The molecule has 1 N–H and O–H groups in total. The molecule has 0 saturated carbocycles. The summed E-state index contributed by atoms with van der Waals surface area (Å²) in [7, 11) is 0. The van der Waals surface area contributed by atoms with Gasteiger partial charge in [0.05, 0.1) is 6.10 Å². The Morgan fingerprint density at radius 1 is 1.19 bits per heavy atom. The van der Waals surface area contributed by atoms with Gasteiger partial charge in [0.2, 0.25) is 6.79 Å². The fraction of sp³-hybridized carbons (Fsp3) is 0.333. The lowest BCUT2D eigenvalue weighted by molar-refractivity contribution is 0.174. The van der Waals surface area contributed by atoms with Gasteiger partial charge in [0.1, 0.15) is 5.82 Å². The van der Waals surface area contributed by atoms with E-state index in [2.05, 4.69) is 14.9 Å². The molecule has 2 aliphatic rings. The molecule has 3 heterocycles. The number of rotatable bonds is 2. The first-order chi connectivity index (χ1) is 10.3. The number of hydrogen-bond donors (Lipinski definition) is 1. The molecule has 1 saturated heterocycles. The molecule has 6 nitrogen and oxygen atoms in total. The zero-order valence-electron chi connectivity index (χ0n) is 11.4. The number of hydrogen-bond acceptors (Lipinski definition) is 6. The summed E-state index contributed by atoms with van der Waals surface area (Å²) in [5, 5.41) is 9.64. The number of aliphatic hydroxyl groups excluding tert-OH is 1. The number of aromatic nitrogens is 2. The third-order valence-corrected chi connectivity index (χ3v) is 3.76. The van der Waals surface area contributed by atoms with E-state index < -0.39 is 0 Å². The van der Waals surface area contributed by atoms with E-state index in [0.717, 1.165) is 35.8 Å². The van der Waals surface area contributed by atoms with Crippen molar-refractivity contribution in [2.24, 2.45) is 0 Å². The Kier molecular flexibility index (Phi) is 2.89. The van der Waals surface area contributed by atoms with Gasteiger partial charge in [-0.25, -0.2) is 9.97 Å². The number of anilines is 1. The van der Waals surface area contributed by atoms with E-state index in [-0.39, 0.29) is 12.9 Å². The quantitative estimate of drug-likeness (QED) is 0.900. The van der Waals surface area contributed by atoms with Gasteiger partial charge in [-0.1, -0.05) is 0 Å². The Morgan fingerprint density at radius 3 is 2.95 bits per heavy atom. The van der Waals surface area contributed by atoms with Crippen LogP contribution in [0.2, 0.25) is 0 Å². The van der Waals surface area contributed by atoms with Crippen LogP contribution in [0.25, 0.3) is 11.4 Å². The highest BCUT2D eigenvalue weighted by Gasteiger charge is 2.22. The Morgan fingerprint density at radius 2 is 2.10 bits per heavy atom. The zero-order chi connectivity index (χ0) is 14.2. The smallest absolute Gasteiger partial charge is 0.231 e. The molecule has 0 spiro atoms. The number of ether oxygens (including phenoxy) is 2. The third-order valence-electron chi connectivity index (χ3n) is 3.76. The lowest BCUT2D eigenvalue weighted by Gasteiger charge is -2.16. The second kappa shape index (κ2) is 4.89. The molecule has 1 atom stereocenters. The van der Waals surface area contributed by atoms with Gasteiger partial charge in [0.25, 0.3) is 0 Å². The van der Waals surface area contributed by atoms with Gasteiger partial charge in [0.15, 0.2) is 17.3 Å². The van der Waals surface area contributed by atoms with E-state index >= 15 is 0 Å². The van der Waals surface area contributed by atoms with Crippen molar-refractivity contribution in [2.45, 2.75) is 12.5 Å². The van der Waals surface area contributed by atoms with Gasteiger partial charge >= 0.3 is 0 Å². The predicted molar refractivity (Wildman–Crippen MR) is 76.4 cm³/mol. The largest absolute Gasteiger partial charge is 0.454 e. The summed E-state index contributed by atoms with van der Waals surface area (Å²) < 4.78 is 10.7. The second-order valence-electron chi connectivity index (χ2n) is 5.20. The Balaban J connectivity index is 1.66. The fourth-order valence-corrected chi connectivity index (χ4v) is 2.65. The number of nitrogens with zero attached hydrogens (tertiary/aromatic N) is 3. The van der Waals surface area contributed by atoms with Crippen LogP contribution in [-0.2, 0) is 0 Å². The van der Waals surface area contributed by atoms with Crippen LogP contribution in [0.5, 0.6) is 11.5 Å². The molecule has 0 amide bonds. The van der Waals surface area contributed by atoms with Crippen LogP contribution in [0.1, 0.15) is 6.42 Å². The maximum absolute atomic E-state index is 9.64. The van der Waals surface area contributed by atoms with E-state index in [9.17, 15) is 5.11 Å². The molecule has 0 unspecified atom stereocenters. The summed E-state index contributed by atoms with van der Waals surface area (Å²) in [6.45, 7) is 1.70. The predicted octanol–water partition coefficient (Wildman–Crippen LogP) is 1.44. The topological polar surface area (TPSA) is 67.7 Å². The van der Waals surface area contributed by atoms with Gasteiger partial charge in [-0.15, -0.1) is 0 Å². The van der Waals surface area contributed by atoms with Crippen LogP contribution in [0, 0.1) is 0 Å². The van der Waals surface area contributed by atoms with Crippen molar-refractivity contribution in [3.05, 3.63) is 30.5 Å². The normalized spacial score (nSPS) is 20.0. The van der Waals surface area contributed by atoms with Crippen molar-refractivity contribution in [1.82, 2.24) is 9.97 Å². The minimum Gasteiger partial charge on any atom is -0.454 e. The molecule has 1 fully saturated rings. The van der Waals surface area contributed by atoms with Crippen LogP contribution in [0.3, 0.4) is 0 Å². The molecule has 6 heteroatoms. The molecule has 4 rings (SSSR count). The summed E-state index contributed by atoms with van der Waals surface area (Å²) in [5.41, 5.74) is 0.890. The van der Waals surface area contributed by atoms with E-state index in [1.165, 1.54) is 0 Å². The van der Waals surface area contributed by atoms with Crippen molar-refractivity contribution in [1.29, 1.82) is 0 Å². The van der Waals surface area contributed by atoms with Crippen LogP contribution < -0.4 is 14.4 Å². The second-order valence-corrected chi connectivity index (χ2v) is 5.20. The highest BCUT2D eigenvalue weighted by Crippen LogP contribution is 2.35. The van der Waals surface area contributed by atoms with E-state index in [1.807, 2.05) is 24.3 Å². The Hall–Kier alpha value is -2.34. The van der Waals surface area contributed by atoms with Crippen molar-refractivity contribution in [3.63, 3.8) is 0 Å². The molecular formula is C15H15N3O3. The monoisotopic (exact) mass is 285 g/mol. The molecule has 1 aromatic heterocycles. The number of β-amino-alcohol motifs (C(OH)–C–C–N with tert-alkyl or cyclic N) is 1. The summed E-state index contributed by atoms with van der Waals surface area (Å²) >= 11 is 0. The Bertz CT molecular complexity index is 677. The van der Waals surface area contributed by atoms with Gasteiger partial charge < -0.3 is 19.5 Å². The third kappa shape index (κ3) is 2.27. The van der Waals surface area contributed by atoms with Crippen molar-refractivity contribution in [3.8, 4) is 22.9 Å². The maximum Gasteiger partial charge on any atom is 0.231 e. The first-order valence-corrected chi connectivity index (χ1v) is 6.96. The van der Waals surface area contributed by atoms with Crippen molar-refractivity contribution in [2.75, 3.05) is 24.8 Å². The number of aliphatic hydroxyl groups is 1. The SMILES string of the molecule is O[C@H]1CCN(c2ccnc(-c3ccc4c(c3)OCO4)n2)C1. The minimum absolute atomic E-state index is 0.255. The zero-order valence-corrected chi connectivity index (χ0v) is 11.4. The maximum atomic E-state index is 9.64. The summed E-state index contributed by atoms with van der Waals surface area (Å²) in [5.74, 6) is 2.96. The number of fused-ring (bicyclic) bond motifs is 1. The van der Waals surface area contributed by atoms with Crippen LogP contribution >= 0.6 is 0 Å². The molecule has 2 aliphatic heterocycles. The average molecular weight is 285 g/mol. The van der Waals surface area contributed by atoms with Crippen molar-refractivity contribution >= 4 is 5.82 Å². The van der Waals surface area contributed by atoms with Gasteiger partial charge in [-0.05, 0) is 30.7 Å². The van der Waals surface area contributed by atoms with Gasteiger partial charge in [0, 0.05) is 24.8 Å². The average Bonchev–Trinajstić information content (AvgIpc) is 3.15. The fourth-order valence-electron chi connectivity index (χ4n) is 2.65. The first-order valence-electron chi connectivity index (χ1n) is 6.96. The van der Waals surface area contributed by atoms with Crippen LogP contribution in [0.15, 0.2) is 30.5 Å². The van der Waals surface area contributed by atoms with Gasteiger partial charge in [-0.3, -0.25) is 0 Å². The molecular weight excluding hydrogens is 270 g/mol. The lowest BCUT2D eigenvalue weighted by Crippen LogP contribution is -2.22. The highest BCUT2D eigenvalue weighted by atomic mass is 16.7. The molecule has 1 aromatic carbocycles. The standard InChI is InChI=1S/C15H15N3O3/c19-11-4-6-18(8-11)14-3-5-16-15(17-14)10-1-2-12-13(7-10)21-9-20-12/h1-3,5,7,11,19H,4,6,8-9H2/t11-/m0/s1. The van der Waals surface area contributed by atoms with Gasteiger partial charge in [-0.2, -0.15) is 0 Å². The summed E-state index contributed by atoms with van der Waals surface area (Å²) in [6.07, 6.45) is 2.25. The van der Waals surface area contributed by atoms with Crippen LogP contribution in [0.4, 0.5) is 5.82 Å². The first kappa shape index (κ1) is 12.4. The summed E-state index contributed by atoms with van der Waals surface area (Å²) in [6, 6.07) is 7.55. The van der Waals surface area contributed by atoms with E-state index in [1.54, 1.807) is 6.20 Å². The minimum atomic E-state index is -0.269. The Labute approximate surface area is 122 Å².